The van der Waals surface area contributed by atoms with Crippen LogP contribution in [0.2, 0.25) is 0 Å². The average Bonchev–Trinajstić information content (AvgIpc) is 3.08. The molecule has 28 heavy (non-hydrogen) atoms. The Morgan fingerprint density at radius 3 is 2.54 bits per heavy atom. The summed E-state index contributed by atoms with van der Waals surface area (Å²) in [5.41, 5.74) is 1.58. The molecule has 0 radical (unpaired) electrons. The zero-order chi connectivity index (χ0) is 20.3. The molecule has 1 fully saturated rings. The number of rotatable bonds is 5. The van der Waals surface area contributed by atoms with Crippen molar-refractivity contribution in [2.75, 3.05) is 5.32 Å². The van der Waals surface area contributed by atoms with Gasteiger partial charge in [-0.25, -0.2) is 4.79 Å². The van der Waals surface area contributed by atoms with E-state index in [1.54, 1.807) is 18.2 Å². The minimum absolute atomic E-state index is 0.000166. The quantitative estimate of drug-likeness (QED) is 0.541. The van der Waals surface area contributed by atoms with Crippen molar-refractivity contribution >= 4 is 23.3 Å². The van der Waals surface area contributed by atoms with Crippen molar-refractivity contribution in [1.82, 2.24) is 10.6 Å². The SMILES string of the molecule is CC(C)(NC(=O)Nc1cccc(C2CCC(=O)N2)c1)c1ccc([N+](=O)[O-])cc1. The standard InChI is InChI=1S/C20H22N4O4/c1-20(2,14-6-8-16(9-7-14)24(27)28)23-19(26)21-15-5-3-4-13(12-15)17-10-11-18(25)22-17/h3-9,12,17H,10-11H2,1-2H3,(H,22,25)(H2,21,23,26). The molecule has 3 amide bonds. The lowest BCUT2D eigenvalue weighted by atomic mass is 9.94. The first-order valence-corrected chi connectivity index (χ1v) is 8.98. The summed E-state index contributed by atoms with van der Waals surface area (Å²) in [6, 6.07) is 13.0. The Bertz CT molecular complexity index is 909. The molecule has 0 saturated carbocycles. The average molecular weight is 382 g/mol. The van der Waals surface area contributed by atoms with Gasteiger partial charge in [-0.3, -0.25) is 14.9 Å². The normalized spacial score (nSPS) is 16.4. The molecular formula is C20H22N4O4. The number of nitrogens with zero attached hydrogens (tertiary/aromatic N) is 1. The molecule has 0 bridgehead atoms. The van der Waals surface area contributed by atoms with Crippen molar-refractivity contribution < 1.29 is 14.5 Å². The van der Waals surface area contributed by atoms with Gasteiger partial charge in [0.15, 0.2) is 0 Å². The van der Waals surface area contributed by atoms with Gasteiger partial charge < -0.3 is 16.0 Å². The first-order valence-electron chi connectivity index (χ1n) is 8.98. The topological polar surface area (TPSA) is 113 Å². The summed E-state index contributed by atoms with van der Waals surface area (Å²) in [6.07, 6.45) is 1.24. The summed E-state index contributed by atoms with van der Waals surface area (Å²) in [5.74, 6) is 0.0333. The van der Waals surface area contributed by atoms with Crippen molar-refractivity contribution in [3.05, 3.63) is 69.8 Å². The minimum atomic E-state index is -0.726. The first kappa shape index (κ1) is 19.3. The smallest absolute Gasteiger partial charge is 0.319 e. The Balaban J connectivity index is 1.66. The molecule has 0 aliphatic carbocycles. The highest BCUT2D eigenvalue weighted by atomic mass is 16.6. The number of nitro benzene ring substituents is 1. The number of amides is 3. The Labute approximate surface area is 162 Å². The van der Waals surface area contributed by atoms with Crippen molar-refractivity contribution in [1.29, 1.82) is 0 Å². The van der Waals surface area contributed by atoms with Crippen LogP contribution in [0.1, 0.15) is 43.9 Å². The van der Waals surface area contributed by atoms with Crippen LogP contribution in [0.5, 0.6) is 0 Å². The molecule has 1 aliphatic rings. The molecule has 1 saturated heterocycles. The van der Waals surface area contributed by atoms with Gasteiger partial charge in [0.25, 0.3) is 5.69 Å². The van der Waals surface area contributed by atoms with Crippen LogP contribution in [0.15, 0.2) is 48.5 Å². The van der Waals surface area contributed by atoms with Crippen LogP contribution in [0.25, 0.3) is 0 Å². The van der Waals surface area contributed by atoms with E-state index in [9.17, 15) is 19.7 Å². The predicted octanol–water partition coefficient (Wildman–Crippen LogP) is 3.60. The second-order valence-corrected chi connectivity index (χ2v) is 7.29. The van der Waals surface area contributed by atoms with Gasteiger partial charge in [-0.1, -0.05) is 12.1 Å². The molecule has 3 rings (SSSR count). The lowest BCUT2D eigenvalue weighted by molar-refractivity contribution is -0.384. The van der Waals surface area contributed by atoms with Crippen molar-refractivity contribution in [3.63, 3.8) is 0 Å². The van der Waals surface area contributed by atoms with Gasteiger partial charge in [0.1, 0.15) is 0 Å². The number of anilines is 1. The maximum Gasteiger partial charge on any atom is 0.319 e. The second-order valence-electron chi connectivity index (χ2n) is 7.29. The second kappa shape index (κ2) is 7.67. The summed E-state index contributed by atoms with van der Waals surface area (Å²) in [5, 5.41) is 19.4. The van der Waals surface area contributed by atoms with Gasteiger partial charge in [-0.05, 0) is 55.7 Å². The number of benzene rings is 2. The number of non-ortho nitro benzene ring substituents is 1. The highest BCUT2D eigenvalue weighted by molar-refractivity contribution is 5.90. The number of carbonyl (C=O) groups is 2. The number of hydrogen-bond donors (Lipinski definition) is 3. The van der Waals surface area contributed by atoms with Gasteiger partial charge in [0, 0.05) is 24.2 Å². The molecule has 0 spiro atoms. The molecule has 1 aliphatic heterocycles. The fraction of sp³-hybridized carbons (Fsp3) is 0.300. The summed E-state index contributed by atoms with van der Waals surface area (Å²) < 4.78 is 0. The maximum atomic E-state index is 12.5. The van der Waals surface area contributed by atoms with Crippen LogP contribution in [0.3, 0.4) is 0 Å². The minimum Gasteiger partial charge on any atom is -0.349 e. The molecule has 3 N–H and O–H groups in total. The lowest BCUT2D eigenvalue weighted by Crippen LogP contribution is -2.43. The highest BCUT2D eigenvalue weighted by Gasteiger charge is 2.25. The molecule has 146 valence electrons. The van der Waals surface area contributed by atoms with E-state index in [0.717, 1.165) is 17.5 Å². The van der Waals surface area contributed by atoms with E-state index in [1.165, 1.54) is 12.1 Å². The summed E-state index contributed by atoms with van der Waals surface area (Å²) in [6.45, 7) is 3.64. The third-order valence-corrected chi connectivity index (χ3v) is 4.77. The first-order chi connectivity index (χ1) is 13.2. The maximum absolute atomic E-state index is 12.5. The Hall–Kier alpha value is -3.42. The van der Waals surface area contributed by atoms with Crippen LogP contribution in [0, 0.1) is 10.1 Å². The van der Waals surface area contributed by atoms with E-state index in [0.29, 0.717) is 12.1 Å². The van der Waals surface area contributed by atoms with Crippen LogP contribution in [-0.2, 0) is 10.3 Å². The van der Waals surface area contributed by atoms with Crippen molar-refractivity contribution in [2.24, 2.45) is 0 Å². The number of urea groups is 1. The molecule has 2 aromatic carbocycles. The van der Waals surface area contributed by atoms with Crippen LogP contribution >= 0.6 is 0 Å². The third kappa shape index (κ3) is 4.46. The highest BCUT2D eigenvalue weighted by Crippen LogP contribution is 2.26. The Morgan fingerprint density at radius 1 is 1.21 bits per heavy atom. The molecule has 8 nitrogen and oxygen atoms in total. The fourth-order valence-corrected chi connectivity index (χ4v) is 3.22. The van der Waals surface area contributed by atoms with Gasteiger partial charge in [0.2, 0.25) is 5.91 Å². The van der Waals surface area contributed by atoms with E-state index < -0.39 is 16.5 Å². The molecule has 1 unspecified atom stereocenters. The van der Waals surface area contributed by atoms with Gasteiger partial charge in [-0.2, -0.15) is 0 Å². The number of hydrogen-bond acceptors (Lipinski definition) is 4. The van der Waals surface area contributed by atoms with Crippen molar-refractivity contribution in [2.45, 2.75) is 38.3 Å². The van der Waals surface area contributed by atoms with Crippen LogP contribution in [0.4, 0.5) is 16.2 Å². The van der Waals surface area contributed by atoms with Crippen molar-refractivity contribution in [3.8, 4) is 0 Å². The van der Waals surface area contributed by atoms with E-state index in [1.807, 2.05) is 32.0 Å². The zero-order valence-electron chi connectivity index (χ0n) is 15.7. The molecule has 1 heterocycles. The van der Waals surface area contributed by atoms with Crippen LogP contribution < -0.4 is 16.0 Å². The molecule has 1 atom stereocenters. The number of nitrogens with one attached hydrogen (secondary N) is 3. The zero-order valence-corrected chi connectivity index (χ0v) is 15.7. The molecule has 0 aromatic heterocycles. The largest absolute Gasteiger partial charge is 0.349 e. The van der Waals surface area contributed by atoms with E-state index in [2.05, 4.69) is 16.0 Å². The molecular weight excluding hydrogens is 360 g/mol. The van der Waals surface area contributed by atoms with Gasteiger partial charge in [-0.15, -0.1) is 0 Å². The van der Waals surface area contributed by atoms with Gasteiger partial charge in [0.05, 0.1) is 16.5 Å². The third-order valence-electron chi connectivity index (χ3n) is 4.77. The number of nitro groups is 1. The number of carbonyl (C=O) groups excluding carboxylic acids is 2. The Kier molecular flexibility index (Phi) is 5.30. The van der Waals surface area contributed by atoms with Gasteiger partial charge >= 0.3 is 6.03 Å². The monoisotopic (exact) mass is 382 g/mol. The fourth-order valence-electron chi connectivity index (χ4n) is 3.22. The summed E-state index contributed by atoms with van der Waals surface area (Å²) in [4.78, 5) is 34.2. The molecule has 8 heteroatoms. The van der Waals surface area contributed by atoms with E-state index in [-0.39, 0.29) is 17.6 Å². The van der Waals surface area contributed by atoms with Crippen LogP contribution in [-0.4, -0.2) is 16.9 Å². The summed E-state index contributed by atoms with van der Waals surface area (Å²) in [7, 11) is 0. The lowest BCUT2D eigenvalue weighted by Gasteiger charge is -2.27. The predicted molar refractivity (Wildman–Crippen MR) is 105 cm³/mol. The Morgan fingerprint density at radius 2 is 1.93 bits per heavy atom. The van der Waals surface area contributed by atoms with E-state index in [4.69, 9.17) is 0 Å². The van der Waals surface area contributed by atoms with E-state index >= 15 is 0 Å². The summed E-state index contributed by atoms with van der Waals surface area (Å²) >= 11 is 0. The molecule has 2 aromatic rings.